The number of urea groups is 1. The number of ether oxygens (including phenoxy) is 1. The molecule has 1 aromatic carbocycles. The molecule has 1 aliphatic rings. The molecule has 1 atom stereocenters. The van der Waals surface area contributed by atoms with Crippen LogP contribution in [0.4, 0.5) is 4.79 Å². The zero-order valence-corrected chi connectivity index (χ0v) is 14.0. The van der Waals surface area contributed by atoms with E-state index in [1.54, 1.807) is 4.90 Å². The highest BCUT2D eigenvalue weighted by Gasteiger charge is 2.28. The molecule has 0 aromatic heterocycles. The van der Waals surface area contributed by atoms with Gasteiger partial charge in [0.05, 0.1) is 13.0 Å². The Morgan fingerprint density at radius 1 is 1.26 bits per heavy atom. The topological polar surface area (TPSA) is 58.6 Å². The molecule has 0 bridgehead atoms. The van der Waals surface area contributed by atoms with Crippen molar-refractivity contribution in [2.45, 2.75) is 38.6 Å². The number of carbonyl (C=O) groups excluding carboxylic acids is 2. The second-order valence-corrected chi connectivity index (χ2v) is 6.16. The van der Waals surface area contributed by atoms with Crippen LogP contribution in [-0.2, 0) is 16.0 Å². The highest BCUT2D eigenvalue weighted by atomic mass is 16.5. The molecule has 0 radical (unpaired) electrons. The van der Waals surface area contributed by atoms with E-state index < -0.39 is 0 Å². The van der Waals surface area contributed by atoms with Crippen LogP contribution in [0.5, 0.6) is 0 Å². The zero-order valence-electron chi connectivity index (χ0n) is 14.0. The Morgan fingerprint density at radius 3 is 2.52 bits per heavy atom. The molecular weight excluding hydrogens is 292 g/mol. The number of hydrogen-bond donors (Lipinski definition) is 1. The van der Waals surface area contributed by atoms with Gasteiger partial charge in [-0.2, -0.15) is 0 Å². The Bertz CT molecular complexity index is 510. The molecule has 1 heterocycles. The molecular formula is C18H26N2O3. The molecule has 0 aliphatic carbocycles. The Balaban J connectivity index is 1.71. The molecule has 126 valence electrons. The van der Waals surface area contributed by atoms with Gasteiger partial charge in [-0.05, 0) is 38.2 Å². The van der Waals surface area contributed by atoms with Gasteiger partial charge in [0.25, 0.3) is 0 Å². The average molecular weight is 318 g/mol. The van der Waals surface area contributed by atoms with Crippen molar-refractivity contribution in [3.8, 4) is 0 Å². The number of likely N-dealkylation sites (tertiary alicyclic amines) is 1. The van der Waals surface area contributed by atoms with Gasteiger partial charge >= 0.3 is 12.0 Å². The number of aryl methyl sites for hydroxylation is 1. The minimum absolute atomic E-state index is 0.0334. The first-order valence-corrected chi connectivity index (χ1v) is 8.27. The molecule has 0 spiro atoms. The van der Waals surface area contributed by atoms with E-state index in [0.29, 0.717) is 25.9 Å². The predicted octanol–water partition coefficient (Wildman–Crippen LogP) is 2.60. The molecule has 1 aromatic rings. The maximum Gasteiger partial charge on any atom is 0.317 e. The first-order chi connectivity index (χ1) is 11.1. The zero-order chi connectivity index (χ0) is 16.7. The Kier molecular flexibility index (Phi) is 6.44. The van der Waals surface area contributed by atoms with E-state index in [0.717, 1.165) is 12.8 Å². The molecule has 2 rings (SSSR count). The molecule has 2 amide bonds. The van der Waals surface area contributed by atoms with E-state index in [9.17, 15) is 9.59 Å². The van der Waals surface area contributed by atoms with E-state index in [4.69, 9.17) is 4.74 Å². The minimum atomic E-state index is -0.165. The SMILES string of the molecule is COC(=O)C1CCN(C(=O)N[C@H](C)CCc2ccccc2)CC1. The number of hydrogen-bond acceptors (Lipinski definition) is 3. The first kappa shape index (κ1) is 17.3. The fraction of sp³-hybridized carbons (Fsp3) is 0.556. The quantitative estimate of drug-likeness (QED) is 0.849. The standard InChI is InChI=1S/C18H26N2O3/c1-14(8-9-15-6-4-3-5-7-15)19-18(22)20-12-10-16(11-13-20)17(21)23-2/h3-7,14,16H,8-13H2,1-2H3,(H,19,22)/t14-/m1/s1. The summed E-state index contributed by atoms with van der Waals surface area (Å²) in [7, 11) is 1.41. The average Bonchev–Trinajstić information content (AvgIpc) is 2.60. The number of rotatable bonds is 5. The summed E-state index contributed by atoms with van der Waals surface area (Å²) in [5, 5.41) is 3.05. The van der Waals surface area contributed by atoms with E-state index in [1.165, 1.54) is 12.7 Å². The molecule has 5 nitrogen and oxygen atoms in total. The second kappa shape index (κ2) is 8.56. The molecule has 1 saturated heterocycles. The van der Waals surface area contributed by atoms with Gasteiger partial charge in [0.1, 0.15) is 0 Å². The van der Waals surface area contributed by atoms with Gasteiger partial charge in [-0.15, -0.1) is 0 Å². The molecule has 1 aliphatic heterocycles. The number of nitrogens with zero attached hydrogens (tertiary/aromatic N) is 1. The van der Waals surface area contributed by atoms with Gasteiger partial charge in [-0.25, -0.2) is 4.79 Å². The van der Waals surface area contributed by atoms with Crippen molar-refractivity contribution in [2.75, 3.05) is 20.2 Å². The van der Waals surface area contributed by atoms with Crippen LogP contribution in [0.2, 0.25) is 0 Å². The fourth-order valence-corrected chi connectivity index (χ4v) is 2.89. The third kappa shape index (κ3) is 5.27. The number of piperidine rings is 1. The normalized spacial score (nSPS) is 16.7. The third-order valence-corrected chi connectivity index (χ3v) is 4.40. The van der Waals surface area contributed by atoms with Crippen molar-refractivity contribution in [1.29, 1.82) is 0 Å². The first-order valence-electron chi connectivity index (χ1n) is 8.27. The fourth-order valence-electron chi connectivity index (χ4n) is 2.89. The van der Waals surface area contributed by atoms with Gasteiger partial charge in [0, 0.05) is 19.1 Å². The summed E-state index contributed by atoms with van der Waals surface area (Å²) in [6.45, 7) is 3.25. The lowest BCUT2D eigenvalue weighted by Gasteiger charge is -2.31. The lowest BCUT2D eigenvalue weighted by atomic mass is 9.97. The van der Waals surface area contributed by atoms with Crippen molar-refractivity contribution in [2.24, 2.45) is 5.92 Å². The second-order valence-electron chi connectivity index (χ2n) is 6.16. The van der Waals surface area contributed by atoms with Crippen LogP contribution in [0.3, 0.4) is 0 Å². The van der Waals surface area contributed by atoms with E-state index in [2.05, 4.69) is 17.4 Å². The van der Waals surface area contributed by atoms with Gasteiger partial charge in [0.2, 0.25) is 0 Å². The van der Waals surface area contributed by atoms with Crippen molar-refractivity contribution in [1.82, 2.24) is 10.2 Å². The van der Waals surface area contributed by atoms with Gasteiger partial charge in [-0.3, -0.25) is 4.79 Å². The van der Waals surface area contributed by atoms with Crippen LogP contribution < -0.4 is 5.32 Å². The summed E-state index contributed by atoms with van der Waals surface area (Å²) in [5.41, 5.74) is 1.28. The smallest absolute Gasteiger partial charge is 0.317 e. The van der Waals surface area contributed by atoms with Crippen molar-refractivity contribution in [3.63, 3.8) is 0 Å². The number of amides is 2. The number of methoxy groups -OCH3 is 1. The Labute approximate surface area is 138 Å². The summed E-state index contributed by atoms with van der Waals surface area (Å²) in [6, 6.07) is 10.4. The highest BCUT2D eigenvalue weighted by molar-refractivity contribution is 5.76. The summed E-state index contributed by atoms with van der Waals surface area (Å²) in [4.78, 5) is 25.6. The number of benzene rings is 1. The van der Waals surface area contributed by atoms with Crippen LogP contribution in [0.15, 0.2) is 30.3 Å². The lowest BCUT2D eigenvalue weighted by Crippen LogP contribution is -2.48. The largest absolute Gasteiger partial charge is 0.469 e. The van der Waals surface area contributed by atoms with Crippen LogP contribution in [0, 0.1) is 5.92 Å². The summed E-state index contributed by atoms with van der Waals surface area (Å²) in [6.07, 6.45) is 3.22. The summed E-state index contributed by atoms with van der Waals surface area (Å²) >= 11 is 0. The molecule has 1 fully saturated rings. The molecule has 5 heteroatoms. The van der Waals surface area contributed by atoms with Crippen LogP contribution in [0.1, 0.15) is 31.7 Å². The predicted molar refractivity (Wildman–Crippen MR) is 89.1 cm³/mol. The van der Waals surface area contributed by atoms with Crippen LogP contribution in [-0.4, -0.2) is 43.1 Å². The Hall–Kier alpha value is -2.04. The van der Waals surface area contributed by atoms with Crippen molar-refractivity contribution in [3.05, 3.63) is 35.9 Å². The number of nitrogens with one attached hydrogen (secondary N) is 1. The van der Waals surface area contributed by atoms with Gasteiger partial charge in [0.15, 0.2) is 0 Å². The van der Waals surface area contributed by atoms with Gasteiger partial charge in [-0.1, -0.05) is 30.3 Å². The maximum atomic E-state index is 12.3. The third-order valence-electron chi connectivity index (χ3n) is 4.40. The van der Waals surface area contributed by atoms with Crippen LogP contribution >= 0.6 is 0 Å². The summed E-state index contributed by atoms with van der Waals surface area (Å²) in [5.74, 6) is -0.235. The van der Waals surface area contributed by atoms with E-state index >= 15 is 0 Å². The molecule has 23 heavy (non-hydrogen) atoms. The summed E-state index contributed by atoms with van der Waals surface area (Å²) < 4.78 is 4.77. The monoisotopic (exact) mass is 318 g/mol. The molecule has 0 unspecified atom stereocenters. The van der Waals surface area contributed by atoms with E-state index in [-0.39, 0.29) is 24.0 Å². The Morgan fingerprint density at radius 2 is 1.91 bits per heavy atom. The van der Waals surface area contributed by atoms with Crippen LogP contribution in [0.25, 0.3) is 0 Å². The molecule has 1 N–H and O–H groups in total. The highest BCUT2D eigenvalue weighted by Crippen LogP contribution is 2.18. The van der Waals surface area contributed by atoms with Crippen molar-refractivity contribution >= 4 is 12.0 Å². The van der Waals surface area contributed by atoms with Gasteiger partial charge < -0.3 is 15.0 Å². The van der Waals surface area contributed by atoms with Crippen molar-refractivity contribution < 1.29 is 14.3 Å². The minimum Gasteiger partial charge on any atom is -0.469 e. The van der Waals surface area contributed by atoms with E-state index in [1.807, 2.05) is 25.1 Å². The maximum absolute atomic E-state index is 12.3. The number of esters is 1. The molecule has 0 saturated carbocycles. The lowest BCUT2D eigenvalue weighted by molar-refractivity contribution is -0.146. The number of carbonyl (C=O) groups is 2.